The predicted octanol–water partition coefficient (Wildman–Crippen LogP) is 4.00. The monoisotopic (exact) mass is 363 g/mol. The molecule has 0 aliphatic carbocycles. The van der Waals surface area contributed by atoms with E-state index in [4.69, 9.17) is 33.7 Å². The Kier molecular flexibility index (Phi) is 4.96. The highest BCUT2D eigenvalue weighted by atomic mass is 79.9. The van der Waals surface area contributed by atoms with Gasteiger partial charge < -0.3 is 10.5 Å². The number of aromatic nitrogens is 2. The minimum atomic E-state index is 0.517. The van der Waals surface area contributed by atoms with Crippen LogP contribution in [0.4, 0.5) is 5.82 Å². The number of halogens is 3. The number of nitrogens with two attached hydrogens (primary N) is 1. The molecule has 0 aliphatic rings. The molecule has 0 spiro atoms. The highest BCUT2D eigenvalue weighted by Crippen LogP contribution is 2.34. The van der Waals surface area contributed by atoms with Crippen LogP contribution in [0.2, 0.25) is 10.0 Å². The Morgan fingerprint density at radius 1 is 1.32 bits per heavy atom. The van der Waals surface area contributed by atoms with E-state index in [2.05, 4.69) is 21.0 Å². The first-order valence-corrected chi connectivity index (χ1v) is 7.17. The number of aryl methyl sites for hydroxylation is 1. The van der Waals surface area contributed by atoms with E-state index in [0.29, 0.717) is 28.2 Å². The highest BCUT2D eigenvalue weighted by Gasteiger charge is 2.06. The van der Waals surface area contributed by atoms with Gasteiger partial charge in [0, 0.05) is 29.7 Å². The van der Waals surface area contributed by atoms with Gasteiger partial charge in [-0.3, -0.25) is 4.68 Å². The standard InChI is InChI=1S/C12H12BrCl2N3O/c13-8-6-10(15)11(7-9(8)14)19-5-1-3-18-4-2-12(16)17-18/h2,4,6-7H,1,3,5H2,(H2,16,17). The number of nitrogens with zero attached hydrogens (tertiary/aromatic N) is 2. The van der Waals surface area contributed by atoms with E-state index in [1.165, 1.54) is 0 Å². The van der Waals surface area contributed by atoms with Gasteiger partial charge in [0.25, 0.3) is 0 Å². The smallest absolute Gasteiger partial charge is 0.145 e. The number of nitrogen functional groups attached to an aromatic ring is 1. The molecule has 102 valence electrons. The molecule has 0 amide bonds. The van der Waals surface area contributed by atoms with Gasteiger partial charge in [0.1, 0.15) is 11.6 Å². The Labute approximate surface area is 129 Å². The molecule has 19 heavy (non-hydrogen) atoms. The van der Waals surface area contributed by atoms with Crippen LogP contribution in [-0.2, 0) is 6.54 Å². The fourth-order valence-electron chi connectivity index (χ4n) is 1.53. The summed E-state index contributed by atoms with van der Waals surface area (Å²) in [6.07, 6.45) is 2.63. The van der Waals surface area contributed by atoms with Crippen LogP contribution < -0.4 is 10.5 Å². The first-order chi connectivity index (χ1) is 9.06. The number of hydrogen-bond acceptors (Lipinski definition) is 3. The molecule has 2 rings (SSSR count). The highest BCUT2D eigenvalue weighted by molar-refractivity contribution is 9.10. The maximum Gasteiger partial charge on any atom is 0.145 e. The van der Waals surface area contributed by atoms with Crippen LogP contribution in [0.25, 0.3) is 0 Å². The Morgan fingerprint density at radius 3 is 2.79 bits per heavy atom. The summed E-state index contributed by atoms with van der Waals surface area (Å²) in [5.41, 5.74) is 5.52. The predicted molar refractivity (Wildman–Crippen MR) is 80.9 cm³/mol. The fraction of sp³-hybridized carbons (Fsp3) is 0.250. The molecular formula is C12H12BrCl2N3O. The molecule has 0 saturated heterocycles. The maximum absolute atomic E-state index is 6.05. The van der Waals surface area contributed by atoms with Crippen LogP contribution in [0.1, 0.15) is 6.42 Å². The molecule has 0 atom stereocenters. The van der Waals surface area contributed by atoms with Gasteiger partial charge in [-0.1, -0.05) is 23.2 Å². The second-order valence-corrected chi connectivity index (χ2v) is 5.57. The zero-order valence-corrected chi connectivity index (χ0v) is 13.0. The number of rotatable bonds is 5. The lowest BCUT2D eigenvalue weighted by atomic mass is 10.3. The van der Waals surface area contributed by atoms with Crippen LogP contribution in [0.3, 0.4) is 0 Å². The first kappa shape index (κ1) is 14.5. The number of hydrogen-bond donors (Lipinski definition) is 1. The van der Waals surface area contributed by atoms with Crippen LogP contribution in [0.15, 0.2) is 28.9 Å². The Morgan fingerprint density at radius 2 is 2.11 bits per heavy atom. The molecule has 1 aromatic heterocycles. The average Bonchev–Trinajstić information content (AvgIpc) is 2.77. The van der Waals surface area contributed by atoms with Crippen molar-refractivity contribution in [3.05, 3.63) is 38.9 Å². The van der Waals surface area contributed by atoms with Crippen LogP contribution in [0, 0.1) is 0 Å². The van der Waals surface area contributed by atoms with Gasteiger partial charge in [-0.15, -0.1) is 0 Å². The maximum atomic E-state index is 6.05. The lowest BCUT2D eigenvalue weighted by Gasteiger charge is -2.09. The van der Waals surface area contributed by atoms with E-state index >= 15 is 0 Å². The molecule has 0 radical (unpaired) electrons. The van der Waals surface area contributed by atoms with Crippen molar-refractivity contribution in [1.29, 1.82) is 0 Å². The number of ether oxygens (including phenoxy) is 1. The van der Waals surface area contributed by atoms with E-state index in [0.717, 1.165) is 17.4 Å². The van der Waals surface area contributed by atoms with Crippen LogP contribution >= 0.6 is 39.1 Å². The quantitative estimate of drug-likeness (QED) is 0.644. The van der Waals surface area contributed by atoms with Crippen molar-refractivity contribution in [2.24, 2.45) is 0 Å². The summed E-state index contributed by atoms with van der Waals surface area (Å²) in [5, 5.41) is 5.18. The topological polar surface area (TPSA) is 53.1 Å². The summed E-state index contributed by atoms with van der Waals surface area (Å²) < 4.78 is 8.11. The molecular weight excluding hydrogens is 353 g/mol. The molecule has 0 aliphatic heterocycles. The molecule has 2 aromatic rings. The molecule has 0 saturated carbocycles. The summed E-state index contributed by atoms with van der Waals surface area (Å²) in [5.74, 6) is 1.10. The minimum absolute atomic E-state index is 0.517. The zero-order chi connectivity index (χ0) is 13.8. The van der Waals surface area contributed by atoms with Crippen molar-refractivity contribution in [3.63, 3.8) is 0 Å². The molecule has 2 N–H and O–H groups in total. The van der Waals surface area contributed by atoms with E-state index < -0.39 is 0 Å². The first-order valence-electron chi connectivity index (χ1n) is 5.62. The van der Waals surface area contributed by atoms with Crippen molar-refractivity contribution in [3.8, 4) is 5.75 Å². The van der Waals surface area contributed by atoms with Gasteiger partial charge in [0.2, 0.25) is 0 Å². The summed E-state index contributed by atoms with van der Waals surface area (Å²) >= 11 is 15.3. The summed E-state index contributed by atoms with van der Waals surface area (Å²) in [4.78, 5) is 0. The van der Waals surface area contributed by atoms with Crippen LogP contribution in [-0.4, -0.2) is 16.4 Å². The van der Waals surface area contributed by atoms with Gasteiger partial charge in [0.05, 0.1) is 16.7 Å². The molecule has 1 aromatic carbocycles. The molecule has 4 nitrogen and oxygen atoms in total. The fourth-order valence-corrected chi connectivity index (χ4v) is 2.37. The number of anilines is 1. The molecule has 0 fully saturated rings. The third-order valence-corrected chi connectivity index (χ3v) is 3.92. The Hall–Kier alpha value is -0.910. The molecule has 0 unspecified atom stereocenters. The molecule has 0 bridgehead atoms. The Bertz CT molecular complexity index is 574. The SMILES string of the molecule is Nc1ccn(CCCOc2cc(Cl)c(Br)cc2Cl)n1. The zero-order valence-electron chi connectivity index (χ0n) is 9.94. The molecule has 7 heteroatoms. The van der Waals surface area contributed by atoms with Crippen molar-refractivity contribution in [1.82, 2.24) is 9.78 Å². The van der Waals surface area contributed by atoms with E-state index in [1.807, 2.05) is 6.20 Å². The van der Waals surface area contributed by atoms with Crippen molar-refractivity contribution >= 4 is 44.9 Å². The van der Waals surface area contributed by atoms with Gasteiger partial charge in [-0.05, 0) is 28.1 Å². The van der Waals surface area contributed by atoms with Crippen molar-refractivity contribution in [2.45, 2.75) is 13.0 Å². The largest absolute Gasteiger partial charge is 0.492 e. The Balaban J connectivity index is 1.84. The lowest BCUT2D eigenvalue weighted by molar-refractivity contribution is 0.299. The lowest BCUT2D eigenvalue weighted by Crippen LogP contribution is -2.05. The second-order valence-electron chi connectivity index (χ2n) is 3.90. The normalized spacial score (nSPS) is 10.7. The van der Waals surface area contributed by atoms with Gasteiger partial charge >= 0.3 is 0 Å². The summed E-state index contributed by atoms with van der Waals surface area (Å²) in [7, 11) is 0. The van der Waals surface area contributed by atoms with Crippen molar-refractivity contribution in [2.75, 3.05) is 12.3 Å². The summed E-state index contributed by atoms with van der Waals surface area (Å²) in [6, 6.07) is 5.17. The van der Waals surface area contributed by atoms with E-state index in [1.54, 1.807) is 22.9 Å². The third kappa shape index (κ3) is 4.03. The minimum Gasteiger partial charge on any atom is -0.492 e. The number of benzene rings is 1. The molecule has 1 heterocycles. The van der Waals surface area contributed by atoms with Gasteiger partial charge in [-0.25, -0.2) is 0 Å². The summed E-state index contributed by atoms with van der Waals surface area (Å²) in [6.45, 7) is 1.26. The van der Waals surface area contributed by atoms with Crippen molar-refractivity contribution < 1.29 is 4.74 Å². The second kappa shape index (κ2) is 6.50. The average molecular weight is 365 g/mol. The van der Waals surface area contributed by atoms with Crippen LogP contribution in [0.5, 0.6) is 5.75 Å². The third-order valence-electron chi connectivity index (χ3n) is 2.43. The van der Waals surface area contributed by atoms with Gasteiger partial charge in [0.15, 0.2) is 0 Å². The van der Waals surface area contributed by atoms with E-state index in [-0.39, 0.29) is 0 Å². The van der Waals surface area contributed by atoms with E-state index in [9.17, 15) is 0 Å². The van der Waals surface area contributed by atoms with Gasteiger partial charge in [-0.2, -0.15) is 5.10 Å².